The van der Waals surface area contributed by atoms with E-state index in [1.807, 2.05) is 13.0 Å². The van der Waals surface area contributed by atoms with E-state index in [0.717, 1.165) is 62.2 Å². The summed E-state index contributed by atoms with van der Waals surface area (Å²) in [5, 5.41) is 10.6. The Balaban J connectivity index is 1.61. The highest BCUT2D eigenvalue weighted by Crippen LogP contribution is 2.31. The molecule has 4 N–H and O–H groups in total. The number of H-pyrrole nitrogens is 1. The quantitative estimate of drug-likeness (QED) is 0.782. The van der Waals surface area contributed by atoms with E-state index < -0.39 is 0 Å². The highest BCUT2D eigenvalue weighted by Gasteiger charge is 2.27. The van der Waals surface area contributed by atoms with Gasteiger partial charge in [0.05, 0.1) is 0 Å². The number of nitrogens with zero attached hydrogens (tertiary/aromatic N) is 4. The lowest BCUT2D eigenvalue weighted by Gasteiger charge is -2.37. The molecule has 4 heterocycles. The lowest BCUT2D eigenvalue weighted by molar-refractivity contribution is 0.363. The maximum Gasteiger partial charge on any atom is 0.153 e. The van der Waals surface area contributed by atoms with E-state index in [1.54, 1.807) is 0 Å². The largest absolute Gasteiger partial charge is 0.371 e. The average Bonchev–Trinajstić information content (AvgIpc) is 3.26. The smallest absolute Gasteiger partial charge is 0.153 e. The number of anilines is 4. The van der Waals surface area contributed by atoms with Gasteiger partial charge in [0.2, 0.25) is 0 Å². The first kappa shape index (κ1) is 17.1. The zero-order valence-electron chi connectivity index (χ0n) is 15.8. The van der Waals surface area contributed by atoms with Crippen LogP contribution >= 0.6 is 0 Å². The third-order valence-electron chi connectivity index (χ3n) is 5.46. The lowest BCUT2D eigenvalue weighted by Crippen LogP contribution is -2.48. The highest BCUT2D eigenvalue weighted by atomic mass is 15.2. The third kappa shape index (κ3) is 3.77. The Morgan fingerprint density at radius 3 is 2.42 bits per heavy atom. The first-order valence-corrected chi connectivity index (χ1v) is 9.58. The zero-order chi connectivity index (χ0) is 18.1. The van der Waals surface area contributed by atoms with E-state index in [1.165, 1.54) is 18.5 Å². The molecule has 7 nitrogen and oxygen atoms in total. The molecule has 2 aromatic heterocycles. The number of rotatable bonds is 4. The Labute approximate surface area is 155 Å². The molecular weight excluding hydrogens is 326 g/mol. The van der Waals surface area contributed by atoms with E-state index in [-0.39, 0.29) is 5.54 Å². The molecule has 0 spiro atoms. The minimum absolute atomic E-state index is 0.0588. The van der Waals surface area contributed by atoms with Crippen LogP contribution in [-0.2, 0) is 0 Å². The molecule has 0 aliphatic carbocycles. The number of hydrogen-bond donors (Lipinski definition) is 3. The SMILES string of the molecule is Cc1cc(Nc2cc(N3CCCC3)cc(N3CCC(C)(N)CC3)n2)n[nH]1. The molecule has 7 heteroatoms. The van der Waals surface area contributed by atoms with Crippen molar-refractivity contribution < 1.29 is 0 Å². The summed E-state index contributed by atoms with van der Waals surface area (Å²) >= 11 is 0. The minimum atomic E-state index is -0.0588. The van der Waals surface area contributed by atoms with E-state index in [2.05, 4.69) is 44.4 Å². The van der Waals surface area contributed by atoms with E-state index in [0.29, 0.717) is 0 Å². The van der Waals surface area contributed by atoms with Crippen LogP contribution in [0.15, 0.2) is 18.2 Å². The van der Waals surface area contributed by atoms with E-state index in [4.69, 9.17) is 10.7 Å². The Hall–Kier alpha value is -2.28. The second kappa shape index (κ2) is 6.79. The maximum absolute atomic E-state index is 6.30. The van der Waals surface area contributed by atoms with Crippen LogP contribution < -0.4 is 20.9 Å². The fourth-order valence-electron chi connectivity index (χ4n) is 3.75. The number of aryl methyl sites for hydroxylation is 1. The molecule has 2 aliphatic heterocycles. The summed E-state index contributed by atoms with van der Waals surface area (Å²) in [6, 6.07) is 6.35. The molecular formula is C19H29N7. The average molecular weight is 355 g/mol. The molecule has 2 aromatic rings. The van der Waals surface area contributed by atoms with Crippen LogP contribution in [0.4, 0.5) is 23.1 Å². The van der Waals surface area contributed by atoms with Crippen molar-refractivity contribution in [3.8, 4) is 0 Å². The number of hydrogen-bond acceptors (Lipinski definition) is 6. The molecule has 2 saturated heterocycles. The van der Waals surface area contributed by atoms with Gasteiger partial charge in [0.1, 0.15) is 11.6 Å². The molecule has 0 unspecified atom stereocenters. The maximum atomic E-state index is 6.30. The van der Waals surface area contributed by atoms with Gasteiger partial charge in [0.25, 0.3) is 0 Å². The van der Waals surface area contributed by atoms with Crippen molar-refractivity contribution in [2.45, 2.75) is 45.1 Å². The monoisotopic (exact) mass is 355 g/mol. The number of pyridine rings is 1. The molecule has 4 rings (SSSR count). The predicted octanol–water partition coefficient (Wildman–Crippen LogP) is 2.77. The zero-order valence-corrected chi connectivity index (χ0v) is 15.8. The summed E-state index contributed by atoms with van der Waals surface area (Å²) in [6.07, 6.45) is 4.50. The van der Waals surface area contributed by atoms with Gasteiger partial charge in [0, 0.05) is 61.3 Å². The topological polar surface area (TPSA) is 86.1 Å². The van der Waals surface area contributed by atoms with Crippen molar-refractivity contribution >= 4 is 23.1 Å². The molecule has 0 amide bonds. The van der Waals surface area contributed by atoms with Crippen molar-refractivity contribution in [3.05, 3.63) is 23.9 Å². The summed E-state index contributed by atoms with van der Waals surface area (Å²) in [7, 11) is 0. The van der Waals surface area contributed by atoms with Gasteiger partial charge in [0.15, 0.2) is 5.82 Å². The summed E-state index contributed by atoms with van der Waals surface area (Å²) in [5.74, 6) is 2.67. The van der Waals surface area contributed by atoms with Crippen molar-refractivity contribution in [1.29, 1.82) is 0 Å². The van der Waals surface area contributed by atoms with Crippen molar-refractivity contribution in [1.82, 2.24) is 15.2 Å². The molecule has 26 heavy (non-hydrogen) atoms. The van der Waals surface area contributed by atoms with Gasteiger partial charge in [-0.05, 0) is 39.5 Å². The van der Waals surface area contributed by atoms with Gasteiger partial charge in [-0.2, -0.15) is 5.10 Å². The Morgan fingerprint density at radius 1 is 1.04 bits per heavy atom. The minimum Gasteiger partial charge on any atom is -0.371 e. The molecule has 2 fully saturated rings. The first-order chi connectivity index (χ1) is 12.5. The van der Waals surface area contributed by atoms with Crippen LogP contribution in [0, 0.1) is 6.92 Å². The van der Waals surface area contributed by atoms with Crippen LogP contribution in [0.25, 0.3) is 0 Å². The molecule has 140 valence electrons. The second-order valence-electron chi connectivity index (χ2n) is 7.97. The van der Waals surface area contributed by atoms with E-state index in [9.17, 15) is 0 Å². The summed E-state index contributed by atoms with van der Waals surface area (Å²) in [6.45, 7) is 8.27. The fraction of sp³-hybridized carbons (Fsp3) is 0.579. The molecule has 0 saturated carbocycles. The van der Waals surface area contributed by atoms with Crippen LogP contribution in [0.1, 0.15) is 38.3 Å². The van der Waals surface area contributed by atoms with Crippen LogP contribution in [-0.4, -0.2) is 46.9 Å². The van der Waals surface area contributed by atoms with Crippen molar-refractivity contribution in [2.75, 3.05) is 41.3 Å². The fourth-order valence-corrected chi connectivity index (χ4v) is 3.75. The summed E-state index contributed by atoms with van der Waals surface area (Å²) in [5.41, 5.74) is 8.51. The lowest BCUT2D eigenvalue weighted by atomic mass is 9.91. The van der Waals surface area contributed by atoms with Crippen LogP contribution in [0.3, 0.4) is 0 Å². The van der Waals surface area contributed by atoms with Gasteiger partial charge in [-0.3, -0.25) is 5.10 Å². The Morgan fingerprint density at radius 2 is 1.77 bits per heavy atom. The van der Waals surface area contributed by atoms with Gasteiger partial charge >= 0.3 is 0 Å². The molecule has 0 atom stereocenters. The van der Waals surface area contributed by atoms with Crippen LogP contribution in [0.5, 0.6) is 0 Å². The number of piperidine rings is 1. The van der Waals surface area contributed by atoms with Crippen LogP contribution in [0.2, 0.25) is 0 Å². The molecule has 0 radical (unpaired) electrons. The van der Waals surface area contributed by atoms with E-state index >= 15 is 0 Å². The molecule has 0 aromatic carbocycles. The second-order valence-corrected chi connectivity index (χ2v) is 7.97. The standard InChI is InChI=1S/C19H29N7/c1-14-11-17(24-23-14)21-16-12-15(25-7-3-4-8-25)13-18(22-16)26-9-5-19(2,20)6-10-26/h11-13H,3-10,20H2,1-2H3,(H2,21,22,23,24). The Kier molecular flexibility index (Phi) is 4.48. The first-order valence-electron chi connectivity index (χ1n) is 9.58. The molecule has 0 bridgehead atoms. The van der Waals surface area contributed by atoms with Gasteiger partial charge in [-0.1, -0.05) is 0 Å². The number of nitrogens with one attached hydrogen (secondary N) is 2. The number of aromatic nitrogens is 3. The van der Waals surface area contributed by atoms with Gasteiger partial charge < -0.3 is 20.9 Å². The van der Waals surface area contributed by atoms with Gasteiger partial charge in [-0.25, -0.2) is 4.98 Å². The van der Waals surface area contributed by atoms with Gasteiger partial charge in [-0.15, -0.1) is 0 Å². The summed E-state index contributed by atoms with van der Waals surface area (Å²) in [4.78, 5) is 9.68. The normalized spacial score (nSPS) is 19.8. The summed E-state index contributed by atoms with van der Waals surface area (Å²) < 4.78 is 0. The molecule has 2 aliphatic rings. The Bertz CT molecular complexity index is 751. The van der Waals surface area contributed by atoms with Crippen molar-refractivity contribution in [2.24, 2.45) is 5.73 Å². The predicted molar refractivity (Wildman–Crippen MR) is 106 cm³/mol. The highest BCUT2D eigenvalue weighted by molar-refractivity contribution is 5.66. The number of nitrogens with two attached hydrogens (primary N) is 1. The number of aromatic amines is 1. The van der Waals surface area contributed by atoms with Crippen molar-refractivity contribution in [3.63, 3.8) is 0 Å². The third-order valence-corrected chi connectivity index (χ3v) is 5.46.